The maximum absolute atomic E-state index is 12.2. The zero-order chi connectivity index (χ0) is 18.3. The fourth-order valence-electron chi connectivity index (χ4n) is 3.26. The summed E-state index contributed by atoms with van der Waals surface area (Å²) in [5, 5.41) is 3.13. The van der Waals surface area contributed by atoms with E-state index in [0.29, 0.717) is 18.0 Å². The number of carbonyl (C=O) groups is 1. The second kappa shape index (κ2) is 8.98. The average molecular weight is 388 g/mol. The molecule has 4 N–H and O–H groups in total. The molecule has 2 rings (SSSR count). The van der Waals surface area contributed by atoms with Gasteiger partial charge in [-0.15, -0.1) is 0 Å². The first kappa shape index (κ1) is 20.2. The third kappa shape index (κ3) is 5.95. The van der Waals surface area contributed by atoms with Crippen LogP contribution in [0.1, 0.15) is 38.5 Å². The molecule has 0 spiro atoms. The number of rotatable bonds is 8. The van der Waals surface area contributed by atoms with E-state index >= 15 is 0 Å². The Morgan fingerprint density at radius 2 is 1.92 bits per heavy atom. The fraction of sp³-hybridized carbons (Fsp3) is 0.588. The molecule has 0 atom stereocenters. The molecule has 1 fully saturated rings. The summed E-state index contributed by atoms with van der Waals surface area (Å²) in [5.41, 5.74) is 5.80. The molecule has 1 saturated carbocycles. The highest BCUT2D eigenvalue weighted by Gasteiger charge is 2.32. The van der Waals surface area contributed by atoms with Crippen LogP contribution in [0.3, 0.4) is 0 Å². The van der Waals surface area contributed by atoms with Crippen LogP contribution in [-0.4, -0.2) is 34.0 Å². The zero-order valence-corrected chi connectivity index (χ0v) is 15.8. The van der Waals surface area contributed by atoms with E-state index in [2.05, 4.69) is 10.0 Å². The molecule has 0 unspecified atom stereocenters. The Labute approximate surface area is 154 Å². The highest BCUT2D eigenvalue weighted by atomic mass is 35.5. The lowest BCUT2D eigenvalue weighted by atomic mass is 9.71. The molecule has 6 nitrogen and oxygen atoms in total. The topological polar surface area (TPSA) is 101 Å². The van der Waals surface area contributed by atoms with Crippen molar-refractivity contribution < 1.29 is 13.2 Å². The number of amides is 1. The van der Waals surface area contributed by atoms with Crippen molar-refractivity contribution >= 4 is 27.5 Å². The first-order valence-electron chi connectivity index (χ1n) is 8.59. The van der Waals surface area contributed by atoms with Crippen LogP contribution in [0.2, 0.25) is 5.02 Å². The van der Waals surface area contributed by atoms with Gasteiger partial charge in [0.2, 0.25) is 15.9 Å². The number of benzene rings is 1. The predicted octanol–water partition coefficient (Wildman–Crippen LogP) is 2.03. The van der Waals surface area contributed by atoms with Crippen molar-refractivity contribution in [1.29, 1.82) is 0 Å². The fourth-order valence-corrected chi connectivity index (χ4v) is 4.60. The number of nitrogens with one attached hydrogen (secondary N) is 2. The highest BCUT2D eigenvalue weighted by molar-refractivity contribution is 7.89. The third-order valence-electron chi connectivity index (χ3n) is 4.73. The van der Waals surface area contributed by atoms with Crippen LogP contribution in [-0.2, 0) is 14.8 Å². The van der Waals surface area contributed by atoms with Crippen molar-refractivity contribution in [3.05, 3.63) is 29.3 Å². The van der Waals surface area contributed by atoms with Crippen LogP contribution < -0.4 is 15.8 Å². The molecule has 8 heteroatoms. The van der Waals surface area contributed by atoms with Crippen LogP contribution in [0.5, 0.6) is 0 Å². The molecule has 1 aliphatic rings. The minimum atomic E-state index is -3.63. The van der Waals surface area contributed by atoms with Crippen LogP contribution >= 0.6 is 11.6 Å². The van der Waals surface area contributed by atoms with Gasteiger partial charge in [0.25, 0.3) is 0 Å². The summed E-state index contributed by atoms with van der Waals surface area (Å²) >= 11 is 5.81. The Kier molecular flexibility index (Phi) is 7.25. The quantitative estimate of drug-likeness (QED) is 0.594. The number of hydrogen-bond donors (Lipinski definition) is 3. The highest BCUT2D eigenvalue weighted by Crippen LogP contribution is 2.38. The zero-order valence-electron chi connectivity index (χ0n) is 14.3. The van der Waals surface area contributed by atoms with E-state index in [4.69, 9.17) is 17.3 Å². The maximum atomic E-state index is 12.2. The molecular weight excluding hydrogens is 362 g/mol. The summed E-state index contributed by atoms with van der Waals surface area (Å²) in [6.45, 7) is 0.872. The predicted molar refractivity (Wildman–Crippen MR) is 98.8 cm³/mol. The van der Waals surface area contributed by atoms with Crippen molar-refractivity contribution in [1.82, 2.24) is 10.0 Å². The van der Waals surface area contributed by atoms with E-state index in [0.717, 1.165) is 25.7 Å². The second-order valence-corrected chi connectivity index (χ2v) is 8.85. The first-order valence-corrected chi connectivity index (χ1v) is 10.5. The van der Waals surface area contributed by atoms with Crippen molar-refractivity contribution in [2.75, 3.05) is 19.6 Å². The maximum Gasteiger partial charge on any atom is 0.240 e. The van der Waals surface area contributed by atoms with Gasteiger partial charge in [-0.2, -0.15) is 0 Å². The number of nitrogens with two attached hydrogens (primary N) is 1. The molecule has 140 valence electrons. The minimum absolute atomic E-state index is 0.0747. The Morgan fingerprint density at radius 3 is 2.56 bits per heavy atom. The van der Waals surface area contributed by atoms with E-state index in [-0.39, 0.29) is 29.3 Å². The number of hydrogen-bond acceptors (Lipinski definition) is 4. The van der Waals surface area contributed by atoms with Crippen LogP contribution in [0, 0.1) is 5.41 Å². The molecule has 25 heavy (non-hydrogen) atoms. The van der Waals surface area contributed by atoms with Crippen molar-refractivity contribution in [3.8, 4) is 0 Å². The van der Waals surface area contributed by atoms with Gasteiger partial charge in [0, 0.05) is 24.5 Å². The lowest BCUT2D eigenvalue weighted by Crippen LogP contribution is -2.40. The van der Waals surface area contributed by atoms with Crippen molar-refractivity contribution in [3.63, 3.8) is 0 Å². The van der Waals surface area contributed by atoms with E-state index in [1.54, 1.807) is 12.1 Å². The molecular formula is C17H26ClN3O3S. The largest absolute Gasteiger partial charge is 0.355 e. The van der Waals surface area contributed by atoms with Gasteiger partial charge in [0.05, 0.1) is 4.90 Å². The van der Waals surface area contributed by atoms with Gasteiger partial charge in [-0.3, -0.25) is 4.79 Å². The Morgan fingerprint density at radius 1 is 1.20 bits per heavy atom. The van der Waals surface area contributed by atoms with Crippen molar-refractivity contribution in [2.24, 2.45) is 11.1 Å². The Hall–Kier alpha value is -1.15. The molecule has 1 aliphatic carbocycles. The van der Waals surface area contributed by atoms with Gasteiger partial charge in [-0.05, 0) is 43.0 Å². The second-order valence-electron chi connectivity index (χ2n) is 6.65. The standard InChI is InChI=1S/C17H26ClN3O3S/c18-14-5-4-6-15(11-14)25(23,24)21-10-9-20-16(22)12-17(13-19)7-2-1-3-8-17/h4-6,11,21H,1-3,7-10,12-13,19H2,(H,20,22). The molecule has 1 amide bonds. The number of sulfonamides is 1. The van der Waals surface area contributed by atoms with Gasteiger partial charge >= 0.3 is 0 Å². The monoisotopic (exact) mass is 387 g/mol. The number of carbonyl (C=O) groups excluding carboxylic acids is 1. The smallest absolute Gasteiger partial charge is 0.240 e. The summed E-state index contributed by atoms with van der Waals surface area (Å²) in [5.74, 6) is -0.0747. The molecule has 1 aromatic carbocycles. The van der Waals surface area contributed by atoms with Gasteiger partial charge in [-0.25, -0.2) is 13.1 Å². The van der Waals surface area contributed by atoms with E-state index in [9.17, 15) is 13.2 Å². The lowest BCUT2D eigenvalue weighted by molar-refractivity contribution is -0.123. The third-order valence-corrected chi connectivity index (χ3v) is 6.42. The van der Waals surface area contributed by atoms with Crippen LogP contribution in [0.25, 0.3) is 0 Å². The summed E-state index contributed by atoms with van der Waals surface area (Å²) < 4.78 is 26.7. The SMILES string of the molecule is NCC1(CC(=O)NCCNS(=O)(=O)c2cccc(Cl)c2)CCCCC1. The van der Waals surface area contributed by atoms with E-state index in [1.165, 1.54) is 18.6 Å². The van der Waals surface area contributed by atoms with Crippen LogP contribution in [0.15, 0.2) is 29.2 Å². The summed E-state index contributed by atoms with van der Waals surface area (Å²) in [4.78, 5) is 12.3. The van der Waals surface area contributed by atoms with Gasteiger partial charge in [0.15, 0.2) is 0 Å². The van der Waals surface area contributed by atoms with Crippen molar-refractivity contribution in [2.45, 2.75) is 43.4 Å². The van der Waals surface area contributed by atoms with Gasteiger partial charge in [0.1, 0.15) is 0 Å². The number of halogens is 1. The lowest BCUT2D eigenvalue weighted by Gasteiger charge is -2.35. The molecule has 0 radical (unpaired) electrons. The normalized spacial score (nSPS) is 17.2. The molecule has 0 aliphatic heterocycles. The minimum Gasteiger partial charge on any atom is -0.355 e. The summed E-state index contributed by atoms with van der Waals surface area (Å²) in [7, 11) is -3.63. The molecule has 0 heterocycles. The molecule has 0 saturated heterocycles. The Bertz CT molecular complexity index is 688. The first-order chi connectivity index (χ1) is 11.9. The van der Waals surface area contributed by atoms with Gasteiger partial charge in [-0.1, -0.05) is 36.9 Å². The Balaban J connectivity index is 1.77. The average Bonchev–Trinajstić information content (AvgIpc) is 2.59. The molecule has 0 bridgehead atoms. The van der Waals surface area contributed by atoms with E-state index < -0.39 is 10.0 Å². The summed E-state index contributed by atoms with van der Waals surface area (Å²) in [6, 6.07) is 6.05. The molecule has 0 aromatic heterocycles. The van der Waals surface area contributed by atoms with E-state index in [1.807, 2.05) is 0 Å². The van der Waals surface area contributed by atoms with Gasteiger partial charge < -0.3 is 11.1 Å². The summed E-state index contributed by atoms with van der Waals surface area (Å²) in [6.07, 6.45) is 5.81. The molecule has 1 aromatic rings. The van der Waals surface area contributed by atoms with Crippen LogP contribution in [0.4, 0.5) is 0 Å².